The maximum Gasteiger partial charge on any atom is 0.259 e. The van der Waals surface area contributed by atoms with E-state index in [2.05, 4.69) is 15.5 Å². The Morgan fingerprint density at radius 3 is 2.64 bits per heavy atom. The predicted octanol–water partition coefficient (Wildman–Crippen LogP) is 3.47. The normalized spacial score (nSPS) is 15.1. The molecule has 2 aromatic rings. The second-order valence-electron chi connectivity index (χ2n) is 7.52. The van der Waals surface area contributed by atoms with Crippen LogP contribution in [0, 0.1) is 0 Å². The molecule has 3 N–H and O–H groups in total. The first-order valence-electron chi connectivity index (χ1n) is 9.25. The van der Waals surface area contributed by atoms with Crippen LogP contribution in [0.15, 0.2) is 10.6 Å². The maximum absolute atomic E-state index is 12.9. The maximum atomic E-state index is 12.9. The first-order chi connectivity index (χ1) is 11.9. The molecule has 1 amide bonds. The molecule has 0 aliphatic heterocycles. The van der Waals surface area contributed by atoms with Crippen LogP contribution in [0.25, 0.3) is 11.1 Å². The van der Waals surface area contributed by atoms with Crippen molar-refractivity contribution in [3.05, 3.63) is 23.0 Å². The zero-order valence-electron chi connectivity index (χ0n) is 15.6. The van der Waals surface area contributed by atoms with Crippen molar-refractivity contribution in [1.82, 2.24) is 15.5 Å². The smallest absolute Gasteiger partial charge is 0.259 e. The number of carbonyl (C=O) groups is 1. The third kappa shape index (κ3) is 3.54. The molecule has 0 saturated heterocycles. The van der Waals surface area contributed by atoms with Gasteiger partial charge >= 0.3 is 0 Å². The van der Waals surface area contributed by atoms with Gasteiger partial charge in [0.25, 0.3) is 11.6 Å². The lowest BCUT2D eigenvalue weighted by molar-refractivity contribution is 0.0943. The molecular weight excluding hydrogens is 316 g/mol. The number of carbonyl (C=O) groups excluding carboxylic acids is 1. The van der Waals surface area contributed by atoms with Crippen LogP contribution >= 0.6 is 0 Å². The van der Waals surface area contributed by atoms with Crippen molar-refractivity contribution in [2.75, 3.05) is 6.54 Å². The average molecular weight is 344 g/mol. The summed E-state index contributed by atoms with van der Waals surface area (Å²) in [4.78, 5) is 17.5. The fourth-order valence-electron chi connectivity index (χ4n) is 3.01. The summed E-state index contributed by atoms with van der Waals surface area (Å²) >= 11 is 0. The highest BCUT2D eigenvalue weighted by Gasteiger charge is 2.30. The molecule has 0 radical (unpaired) electrons. The summed E-state index contributed by atoms with van der Waals surface area (Å²) in [5.41, 5.74) is 8.71. The van der Waals surface area contributed by atoms with Crippen LogP contribution < -0.4 is 11.1 Å². The van der Waals surface area contributed by atoms with Crippen molar-refractivity contribution in [3.8, 4) is 0 Å². The lowest BCUT2D eigenvalue weighted by atomic mass is 9.94. The van der Waals surface area contributed by atoms with Gasteiger partial charge in [0.2, 0.25) is 0 Å². The Kier molecular flexibility index (Phi) is 4.82. The summed E-state index contributed by atoms with van der Waals surface area (Å²) in [5, 5.41) is 7.90. The van der Waals surface area contributed by atoms with E-state index in [1.807, 2.05) is 33.8 Å². The Hall–Kier alpha value is -1.95. The lowest BCUT2D eigenvalue weighted by Gasteiger charge is -2.26. The van der Waals surface area contributed by atoms with Crippen LogP contribution in [-0.4, -0.2) is 28.1 Å². The summed E-state index contributed by atoms with van der Waals surface area (Å²) < 4.78 is 5.44. The fraction of sp³-hybridized carbons (Fsp3) is 0.632. The second kappa shape index (κ2) is 6.75. The van der Waals surface area contributed by atoms with E-state index in [1.54, 1.807) is 0 Å². The summed E-state index contributed by atoms with van der Waals surface area (Å²) in [6.45, 7) is 8.61. The largest absolute Gasteiger partial charge is 0.350 e. The average Bonchev–Trinajstić information content (AvgIpc) is 3.37. The molecule has 1 saturated carbocycles. The molecule has 2 heterocycles. The summed E-state index contributed by atoms with van der Waals surface area (Å²) in [7, 11) is 0. The van der Waals surface area contributed by atoms with Gasteiger partial charge in [-0.2, -0.15) is 0 Å². The Morgan fingerprint density at radius 1 is 1.40 bits per heavy atom. The zero-order chi connectivity index (χ0) is 18.2. The predicted molar refractivity (Wildman–Crippen MR) is 97.7 cm³/mol. The molecule has 1 aliphatic rings. The van der Waals surface area contributed by atoms with Gasteiger partial charge in [0.05, 0.1) is 16.6 Å². The van der Waals surface area contributed by atoms with Gasteiger partial charge in [0, 0.05) is 23.7 Å². The van der Waals surface area contributed by atoms with Crippen molar-refractivity contribution in [2.24, 2.45) is 5.73 Å². The number of nitrogens with one attached hydrogen (secondary N) is 1. The molecule has 1 aliphatic carbocycles. The van der Waals surface area contributed by atoms with E-state index in [0.717, 1.165) is 42.5 Å². The Morgan fingerprint density at radius 2 is 2.08 bits per heavy atom. The molecule has 25 heavy (non-hydrogen) atoms. The minimum absolute atomic E-state index is 0.129. The molecule has 0 bridgehead atoms. The standard InChI is InChI=1S/C19H28N4O2/c1-5-19(20,6-2)10-21-17(24)13-9-14(12-7-8-12)22-18-15(13)16(11(3)4)23-25-18/h9,11-12H,5-8,10,20H2,1-4H3,(H,21,24). The molecule has 0 spiro atoms. The third-order valence-electron chi connectivity index (χ3n) is 5.29. The number of nitrogens with two attached hydrogens (primary N) is 1. The molecule has 0 atom stereocenters. The highest BCUT2D eigenvalue weighted by Crippen LogP contribution is 2.41. The summed E-state index contributed by atoms with van der Waals surface area (Å²) in [5.74, 6) is 0.459. The van der Waals surface area contributed by atoms with E-state index in [1.165, 1.54) is 0 Å². The SMILES string of the molecule is CCC(N)(CC)CNC(=O)c1cc(C2CC2)nc2onc(C(C)C)c12. The van der Waals surface area contributed by atoms with Crippen LogP contribution in [0.5, 0.6) is 0 Å². The lowest BCUT2D eigenvalue weighted by Crippen LogP contribution is -2.49. The van der Waals surface area contributed by atoms with Crippen molar-refractivity contribution in [3.63, 3.8) is 0 Å². The molecule has 3 rings (SSSR count). The summed E-state index contributed by atoms with van der Waals surface area (Å²) in [6, 6.07) is 1.91. The molecule has 1 fully saturated rings. The van der Waals surface area contributed by atoms with Crippen LogP contribution in [0.3, 0.4) is 0 Å². The molecule has 136 valence electrons. The monoisotopic (exact) mass is 344 g/mol. The Bertz CT molecular complexity index is 773. The van der Waals surface area contributed by atoms with Gasteiger partial charge in [-0.05, 0) is 37.7 Å². The highest BCUT2D eigenvalue weighted by molar-refractivity contribution is 6.06. The van der Waals surface area contributed by atoms with E-state index < -0.39 is 0 Å². The molecule has 0 aromatic carbocycles. The number of hydrogen-bond acceptors (Lipinski definition) is 5. The van der Waals surface area contributed by atoms with E-state index in [4.69, 9.17) is 10.3 Å². The van der Waals surface area contributed by atoms with E-state index in [-0.39, 0.29) is 17.4 Å². The Balaban J connectivity index is 1.97. The van der Waals surface area contributed by atoms with Crippen LogP contribution in [0.4, 0.5) is 0 Å². The number of hydrogen-bond donors (Lipinski definition) is 2. The number of aromatic nitrogens is 2. The minimum Gasteiger partial charge on any atom is -0.350 e. The van der Waals surface area contributed by atoms with E-state index >= 15 is 0 Å². The highest BCUT2D eigenvalue weighted by atomic mass is 16.5. The number of rotatable bonds is 7. The topological polar surface area (TPSA) is 94.0 Å². The van der Waals surface area contributed by atoms with Gasteiger partial charge in [0.15, 0.2) is 0 Å². The number of fused-ring (bicyclic) bond motifs is 1. The fourth-order valence-corrected chi connectivity index (χ4v) is 3.01. The van der Waals surface area contributed by atoms with Gasteiger partial charge in [-0.25, -0.2) is 4.98 Å². The van der Waals surface area contributed by atoms with Gasteiger partial charge in [-0.1, -0.05) is 32.9 Å². The van der Waals surface area contributed by atoms with Gasteiger partial charge < -0.3 is 15.6 Å². The van der Waals surface area contributed by atoms with Gasteiger partial charge in [-0.3, -0.25) is 4.79 Å². The van der Waals surface area contributed by atoms with Gasteiger partial charge in [0.1, 0.15) is 0 Å². The zero-order valence-corrected chi connectivity index (χ0v) is 15.6. The molecule has 0 unspecified atom stereocenters. The van der Waals surface area contributed by atoms with E-state index in [0.29, 0.717) is 23.7 Å². The van der Waals surface area contributed by atoms with E-state index in [9.17, 15) is 4.79 Å². The molecule has 6 nitrogen and oxygen atoms in total. The molecule has 2 aromatic heterocycles. The number of nitrogens with zero attached hydrogens (tertiary/aromatic N) is 2. The second-order valence-corrected chi connectivity index (χ2v) is 7.52. The van der Waals surface area contributed by atoms with Crippen molar-refractivity contribution in [2.45, 2.75) is 70.8 Å². The number of amides is 1. The minimum atomic E-state index is -0.378. The quantitative estimate of drug-likeness (QED) is 0.802. The van der Waals surface area contributed by atoms with Crippen LogP contribution in [0.2, 0.25) is 0 Å². The van der Waals surface area contributed by atoms with Crippen molar-refractivity contribution in [1.29, 1.82) is 0 Å². The van der Waals surface area contributed by atoms with Crippen LogP contribution in [-0.2, 0) is 0 Å². The third-order valence-corrected chi connectivity index (χ3v) is 5.29. The first-order valence-corrected chi connectivity index (χ1v) is 9.25. The van der Waals surface area contributed by atoms with Crippen molar-refractivity contribution < 1.29 is 9.32 Å². The van der Waals surface area contributed by atoms with Crippen molar-refractivity contribution >= 4 is 17.0 Å². The Labute approximate surface area is 148 Å². The molecular formula is C19H28N4O2. The van der Waals surface area contributed by atoms with Crippen LogP contribution in [0.1, 0.15) is 87.0 Å². The number of pyridine rings is 1. The molecule has 6 heteroatoms. The first kappa shape index (κ1) is 17.9. The van der Waals surface area contributed by atoms with Gasteiger partial charge in [-0.15, -0.1) is 0 Å². The summed E-state index contributed by atoms with van der Waals surface area (Å²) in [6.07, 6.45) is 3.85.